The highest BCUT2D eigenvalue weighted by atomic mass is 32.2. The Morgan fingerprint density at radius 3 is 2.42 bits per heavy atom. The average Bonchev–Trinajstić information content (AvgIpc) is 2.83. The van der Waals surface area contributed by atoms with E-state index in [0.29, 0.717) is 20.6 Å². The van der Waals surface area contributed by atoms with Crippen LogP contribution in [-0.2, 0) is 9.59 Å². The van der Waals surface area contributed by atoms with Gasteiger partial charge in [-0.2, -0.15) is 0 Å². The second-order valence-electron chi connectivity index (χ2n) is 5.16. The summed E-state index contributed by atoms with van der Waals surface area (Å²) in [6, 6.07) is 16.7. The number of anilines is 2. The molecule has 1 N–H and O–H groups in total. The molecule has 1 aliphatic heterocycles. The summed E-state index contributed by atoms with van der Waals surface area (Å²) in [6.07, 6.45) is 1.84. The summed E-state index contributed by atoms with van der Waals surface area (Å²) in [5.74, 6) is -0.278. The van der Waals surface area contributed by atoms with Gasteiger partial charge in [-0.1, -0.05) is 54.3 Å². The Morgan fingerprint density at radius 1 is 1.12 bits per heavy atom. The van der Waals surface area contributed by atoms with Gasteiger partial charge in [0, 0.05) is 12.6 Å². The molecule has 6 heteroatoms. The third-order valence-corrected chi connectivity index (χ3v) is 4.64. The Bertz CT molecular complexity index is 830. The SMILES string of the molecule is CC(=O)Nc1ccc(N2C(=O)/C(=C\c3ccccc3)SC2=S)cc1. The molecule has 0 spiro atoms. The van der Waals surface area contributed by atoms with Gasteiger partial charge in [-0.05, 0) is 35.9 Å². The van der Waals surface area contributed by atoms with Crippen LogP contribution in [0.1, 0.15) is 12.5 Å². The summed E-state index contributed by atoms with van der Waals surface area (Å²) >= 11 is 6.64. The highest BCUT2D eigenvalue weighted by Gasteiger charge is 2.33. The van der Waals surface area contributed by atoms with Crippen molar-refractivity contribution in [2.24, 2.45) is 0 Å². The second kappa shape index (κ2) is 6.98. The van der Waals surface area contributed by atoms with Gasteiger partial charge in [0.1, 0.15) is 0 Å². The molecule has 120 valence electrons. The molecule has 0 saturated carbocycles. The molecule has 2 amide bonds. The molecule has 0 aromatic heterocycles. The molecule has 1 fully saturated rings. The van der Waals surface area contributed by atoms with Crippen molar-refractivity contribution in [1.82, 2.24) is 0 Å². The van der Waals surface area contributed by atoms with Crippen molar-refractivity contribution in [3.8, 4) is 0 Å². The van der Waals surface area contributed by atoms with E-state index in [0.717, 1.165) is 5.56 Å². The maximum absolute atomic E-state index is 12.7. The van der Waals surface area contributed by atoms with Crippen molar-refractivity contribution in [3.63, 3.8) is 0 Å². The van der Waals surface area contributed by atoms with Crippen molar-refractivity contribution < 1.29 is 9.59 Å². The lowest BCUT2D eigenvalue weighted by molar-refractivity contribution is -0.114. The number of amides is 2. The Kier molecular flexibility index (Phi) is 4.78. The van der Waals surface area contributed by atoms with Crippen LogP contribution in [0.15, 0.2) is 59.5 Å². The van der Waals surface area contributed by atoms with Gasteiger partial charge in [0.2, 0.25) is 5.91 Å². The van der Waals surface area contributed by atoms with Crippen molar-refractivity contribution in [2.45, 2.75) is 6.92 Å². The van der Waals surface area contributed by atoms with Gasteiger partial charge in [0.25, 0.3) is 5.91 Å². The maximum Gasteiger partial charge on any atom is 0.270 e. The lowest BCUT2D eigenvalue weighted by atomic mass is 10.2. The monoisotopic (exact) mass is 354 g/mol. The molecule has 1 saturated heterocycles. The van der Waals surface area contributed by atoms with Gasteiger partial charge in [-0.15, -0.1) is 0 Å². The number of thioether (sulfide) groups is 1. The highest BCUT2D eigenvalue weighted by Crippen LogP contribution is 2.36. The minimum absolute atomic E-state index is 0.138. The zero-order valence-corrected chi connectivity index (χ0v) is 14.5. The molecule has 0 atom stereocenters. The van der Waals surface area contributed by atoms with E-state index in [1.807, 2.05) is 36.4 Å². The second-order valence-corrected chi connectivity index (χ2v) is 6.83. The normalized spacial score (nSPS) is 15.9. The lowest BCUT2D eigenvalue weighted by Crippen LogP contribution is -2.27. The Morgan fingerprint density at radius 2 is 1.79 bits per heavy atom. The molecule has 2 aromatic rings. The van der Waals surface area contributed by atoms with E-state index >= 15 is 0 Å². The summed E-state index contributed by atoms with van der Waals surface area (Å²) < 4.78 is 0.495. The molecule has 0 aliphatic carbocycles. The van der Waals surface area contributed by atoms with Gasteiger partial charge in [0.15, 0.2) is 4.32 Å². The minimum atomic E-state index is -0.140. The first-order valence-electron chi connectivity index (χ1n) is 7.25. The number of nitrogens with one attached hydrogen (secondary N) is 1. The standard InChI is InChI=1S/C18H14N2O2S2/c1-12(21)19-14-7-9-15(10-8-14)20-17(22)16(24-18(20)23)11-13-5-3-2-4-6-13/h2-11H,1H3,(H,19,21)/b16-11+. The maximum atomic E-state index is 12.7. The number of hydrogen-bond donors (Lipinski definition) is 1. The van der Waals surface area contributed by atoms with Crippen LogP contribution in [-0.4, -0.2) is 16.1 Å². The number of nitrogens with zero attached hydrogens (tertiary/aromatic N) is 1. The summed E-state index contributed by atoms with van der Waals surface area (Å²) in [7, 11) is 0. The van der Waals surface area contributed by atoms with Crippen LogP contribution < -0.4 is 10.2 Å². The minimum Gasteiger partial charge on any atom is -0.326 e. The van der Waals surface area contributed by atoms with Crippen LogP contribution >= 0.6 is 24.0 Å². The topological polar surface area (TPSA) is 49.4 Å². The van der Waals surface area contributed by atoms with E-state index in [2.05, 4.69) is 5.32 Å². The Labute approximate surface area is 149 Å². The van der Waals surface area contributed by atoms with Crippen LogP contribution in [0.4, 0.5) is 11.4 Å². The fourth-order valence-corrected chi connectivity index (χ4v) is 3.59. The molecule has 1 heterocycles. The Hall–Kier alpha value is -2.44. The summed E-state index contributed by atoms with van der Waals surface area (Å²) in [6.45, 7) is 1.45. The van der Waals surface area contributed by atoms with Gasteiger partial charge in [-0.3, -0.25) is 14.5 Å². The fraction of sp³-hybridized carbons (Fsp3) is 0.0556. The predicted octanol–water partition coefficient (Wildman–Crippen LogP) is 4.05. The molecule has 0 unspecified atom stereocenters. The van der Waals surface area contributed by atoms with E-state index in [9.17, 15) is 9.59 Å². The van der Waals surface area contributed by atoms with E-state index in [-0.39, 0.29) is 11.8 Å². The van der Waals surface area contributed by atoms with Crippen LogP contribution in [0.3, 0.4) is 0 Å². The molecule has 0 radical (unpaired) electrons. The highest BCUT2D eigenvalue weighted by molar-refractivity contribution is 8.27. The van der Waals surface area contributed by atoms with E-state index in [1.165, 1.54) is 23.6 Å². The first-order valence-corrected chi connectivity index (χ1v) is 8.48. The zero-order chi connectivity index (χ0) is 17.1. The number of hydrogen-bond acceptors (Lipinski definition) is 4. The van der Waals surface area contributed by atoms with Crippen molar-refractivity contribution in [2.75, 3.05) is 10.2 Å². The fourth-order valence-electron chi connectivity index (χ4n) is 2.29. The molecule has 4 nitrogen and oxygen atoms in total. The third kappa shape index (κ3) is 3.55. The predicted molar refractivity (Wildman–Crippen MR) is 103 cm³/mol. The third-order valence-electron chi connectivity index (χ3n) is 3.34. The quantitative estimate of drug-likeness (QED) is 0.667. The largest absolute Gasteiger partial charge is 0.326 e. The number of carbonyl (C=O) groups excluding carboxylic acids is 2. The van der Waals surface area contributed by atoms with Gasteiger partial charge >= 0.3 is 0 Å². The molecule has 1 aliphatic rings. The van der Waals surface area contributed by atoms with E-state index < -0.39 is 0 Å². The molecule has 3 rings (SSSR count). The number of carbonyl (C=O) groups is 2. The summed E-state index contributed by atoms with van der Waals surface area (Å²) in [5, 5.41) is 2.69. The van der Waals surface area contributed by atoms with Crippen LogP contribution in [0.2, 0.25) is 0 Å². The van der Waals surface area contributed by atoms with E-state index in [1.54, 1.807) is 24.3 Å². The molecular weight excluding hydrogens is 340 g/mol. The summed E-state index contributed by atoms with van der Waals surface area (Å²) in [5.41, 5.74) is 2.32. The van der Waals surface area contributed by atoms with Gasteiger partial charge < -0.3 is 5.32 Å². The lowest BCUT2D eigenvalue weighted by Gasteiger charge is -2.15. The smallest absolute Gasteiger partial charge is 0.270 e. The van der Waals surface area contributed by atoms with E-state index in [4.69, 9.17) is 12.2 Å². The van der Waals surface area contributed by atoms with Crippen molar-refractivity contribution in [3.05, 3.63) is 65.1 Å². The molecule has 24 heavy (non-hydrogen) atoms. The molecule has 2 aromatic carbocycles. The van der Waals surface area contributed by atoms with Crippen molar-refractivity contribution >= 4 is 57.6 Å². The average molecular weight is 354 g/mol. The van der Waals surface area contributed by atoms with Crippen molar-refractivity contribution in [1.29, 1.82) is 0 Å². The first kappa shape index (κ1) is 16.4. The Balaban J connectivity index is 1.84. The molecule has 0 bridgehead atoms. The van der Waals surface area contributed by atoms with Gasteiger partial charge in [0.05, 0.1) is 10.6 Å². The number of rotatable bonds is 3. The summed E-state index contributed by atoms with van der Waals surface area (Å²) in [4.78, 5) is 25.8. The molecular formula is C18H14N2O2S2. The van der Waals surface area contributed by atoms with Crippen LogP contribution in [0.25, 0.3) is 6.08 Å². The first-order chi connectivity index (χ1) is 11.5. The zero-order valence-electron chi connectivity index (χ0n) is 12.9. The number of thiocarbonyl (C=S) groups is 1. The van der Waals surface area contributed by atoms with Gasteiger partial charge in [-0.25, -0.2) is 0 Å². The number of benzene rings is 2. The van der Waals surface area contributed by atoms with Crippen LogP contribution in [0, 0.1) is 0 Å². The van der Waals surface area contributed by atoms with Crippen LogP contribution in [0.5, 0.6) is 0 Å².